The van der Waals surface area contributed by atoms with Crippen LogP contribution in [0.4, 0.5) is 5.69 Å². The van der Waals surface area contributed by atoms with Crippen LogP contribution in [-0.2, 0) is 9.59 Å². The first kappa shape index (κ1) is 23.9. The number of Topliss-reactive ketones (excluding diaryl/α,β-unsaturated/α-hetero) is 1. The number of carbonyl (C=O) groups is 2. The van der Waals surface area contributed by atoms with E-state index in [-0.39, 0.29) is 11.3 Å². The fourth-order valence-corrected chi connectivity index (χ4v) is 4.17. The molecule has 3 aromatic carbocycles. The summed E-state index contributed by atoms with van der Waals surface area (Å²) in [6, 6.07) is 18.5. The highest BCUT2D eigenvalue weighted by Gasteiger charge is 2.47. The molecule has 0 saturated carbocycles. The molecule has 0 radical (unpaired) electrons. The summed E-state index contributed by atoms with van der Waals surface area (Å²) in [5.74, 6) is -0.234. The quantitative estimate of drug-likeness (QED) is 0.294. The van der Waals surface area contributed by atoms with E-state index in [1.54, 1.807) is 54.6 Å². The van der Waals surface area contributed by atoms with Crippen molar-refractivity contribution in [1.82, 2.24) is 0 Å². The van der Waals surface area contributed by atoms with Crippen molar-refractivity contribution in [3.63, 3.8) is 0 Å². The van der Waals surface area contributed by atoms with Gasteiger partial charge in [-0.05, 0) is 61.9 Å². The zero-order valence-electron chi connectivity index (χ0n) is 20.1. The Balaban J connectivity index is 1.90. The topological polar surface area (TPSA) is 85.3 Å². The van der Waals surface area contributed by atoms with Crippen molar-refractivity contribution in [2.24, 2.45) is 0 Å². The van der Waals surface area contributed by atoms with E-state index in [4.69, 9.17) is 14.2 Å². The number of anilines is 1. The van der Waals surface area contributed by atoms with Crippen molar-refractivity contribution in [3.8, 4) is 17.2 Å². The highest BCUT2D eigenvalue weighted by Crippen LogP contribution is 2.43. The van der Waals surface area contributed by atoms with E-state index in [0.29, 0.717) is 40.7 Å². The molecule has 180 valence electrons. The van der Waals surface area contributed by atoms with E-state index in [1.165, 1.54) is 19.1 Å². The fraction of sp³-hybridized carbons (Fsp3) is 0.214. The summed E-state index contributed by atoms with van der Waals surface area (Å²) in [7, 11) is 2.99. The van der Waals surface area contributed by atoms with Crippen LogP contribution in [0.25, 0.3) is 5.76 Å². The van der Waals surface area contributed by atoms with E-state index >= 15 is 0 Å². The van der Waals surface area contributed by atoms with Crippen molar-refractivity contribution in [2.75, 3.05) is 25.7 Å². The maximum absolute atomic E-state index is 13.3. The van der Waals surface area contributed by atoms with E-state index in [0.717, 1.165) is 5.56 Å². The Hall–Kier alpha value is -4.26. The zero-order chi connectivity index (χ0) is 25.1. The van der Waals surface area contributed by atoms with Crippen molar-refractivity contribution in [3.05, 3.63) is 89.0 Å². The second-order valence-electron chi connectivity index (χ2n) is 8.08. The van der Waals surface area contributed by atoms with Gasteiger partial charge in [0.25, 0.3) is 11.7 Å². The summed E-state index contributed by atoms with van der Waals surface area (Å²) >= 11 is 0. The first-order valence-electron chi connectivity index (χ1n) is 11.2. The smallest absolute Gasteiger partial charge is 0.300 e. The largest absolute Gasteiger partial charge is 0.507 e. The molecule has 7 heteroatoms. The van der Waals surface area contributed by atoms with Crippen LogP contribution >= 0.6 is 0 Å². The number of nitrogens with zero attached hydrogens (tertiary/aromatic N) is 1. The minimum absolute atomic E-state index is 0.00745. The number of aliphatic hydroxyl groups is 1. The predicted molar refractivity (Wildman–Crippen MR) is 133 cm³/mol. The monoisotopic (exact) mass is 473 g/mol. The number of hydrogen-bond donors (Lipinski definition) is 1. The predicted octanol–water partition coefficient (Wildman–Crippen LogP) is 5.04. The molecule has 35 heavy (non-hydrogen) atoms. The molecular weight excluding hydrogens is 446 g/mol. The summed E-state index contributed by atoms with van der Waals surface area (Å²) in [5, 5.41) is 11.3. The molecule has 1 heterocycles. The van der Waals surface area contributed by atoms with Crippen molar-refractivity contribution < 1.29 is 28.9 Å². The second-order valence-corrected chi connectivity index (χ2v) is 8.08. The van der Waals surface area contributed by atoms with Gasteiger partial charge < -0.3 is 19.3 Å². The van der Waals surface area contributed by atoms with E-state index in [2.05, 4.69) is 0 Å². The van der Waals surface area contributed by atoms with Crippen LogP contribution in [0.3, 0.4) is 0 Å². The molecule has 3 aromatic rings. The van der Waals surface area contributed by atoms with Gasteiger partial charge >= 0.3 is 0 Å². The number of amides is 1. The second kappa shape index (κ2) is 9.93. The number of carbonyl (C=O) groups excluding carboxylic acids is 2. The lowest BCUT2D eigenvalue weighted by molar-refractivity contribution is -0.132. The maximum atomic E-state index is 13.3. The molecule has 1 unspecified atom stereocenters. The molecule has 1 saturated heterocycles. The van der Waals surface area contributed by atoms with E-state index in [1.807, 2.05) is 26.0 Å². The third-order valence-corrected chi connectivity index (χ3v) is 5.92. The average Bonchev–Trinajstić information content (AvgIpc) is 3.14. The number of ether oxygens (including phenoxy) is 3. The zero-order valence-corrected chi connectivity index (χ0v) is 20.1. The number of ketones is 1. The standard InChI is InChI=1S/C28H27NO6/c1-5-35-21-13-8-18(9-14-21)25-24(26(30)19-10-15-22(33-3)23(16-19)34-4)27(31)28(32)29(25)20-11-6-17(2)7-12-20/h6-16,25,30H,5H2,1-4H3/b26-24-. The number of benzene rings is 3. The number of aryl methyl sites for hydroxylation is 1. The minimum atomic E-state index is -0.832. The molecule has 1 aliphatic heterocycles. The first-order valence-corrected chi connectivity index (χ1v) is 11.2. The Morgan fingerprint density at radius 2 is 1.57 bits per heavy atom. The number of rotatable bonds is 7. The molecule has 0 bridgehead atoms. The van der Waals surface area contributed by atoms with Gasteiger partial charge in [0.2, 0.25) is 0 Å². The van der Waals surface area contributed by atoms with Crippen molar-refractivity contribution >= 4 is 23.1 Å². The Bertz CT molecular complexity index is 1280. The van der Waals surface area contributed by atoms with E-state index < -0.39 is 17.7 Å². The normalized spacial score (nSPS) is 16.9. The molecule has 1 aliphatic rings. The van der Waals surface area contributed by atoms with Gasteiger partial charge in [-0.25, -0.2) is 0 Å². The van der Waals surface area contributed by atoms with Gasteiger partial charge in [-0.2, -0.15) is 0 Å². The summed E-state index contributed by atoms with van der Waals surface area (Å²) in [4.78, 5) is 28.0. The average molecular weight is 474 g/mol. The summed E-state index contributed by atoms with van der Waals surface area (Å²) < 4.78 is 16.2. The lowest BCUT2D eigenvalue weighted by Gasteiger charge is -2.25. The lowest BCUT2D eigenvalue weighted by atomic mass is 9.95. The summed E-state index contributed by atoms with van der Waals surface area (Å²) in [6.07, 6.45) is 0. The molecule has 1 fully saturated rings. The van der Waals surface area contributed by atoms with Crippen LogP contribution in [0.15, 0.2) is 72.3 Å². The van der Waals surface area contributed by atoms with Gasteiger partial charge in [-0.15, -0.1) is 0 Å². The molecule has 0 spiro atoms. The Kier molecular flexibility index (Phi) is 6.78. The number of hydrogen-bond acceptors (Lipinski definition) is 6. The number of methoxy groups -OCH3 is 2. The minimum Gasteiger partial charge on any atom is -0.507 e. The van der Waals surface area contributed by atoms with Crippen LogP contribution in [0.1, 0.15) is 29.7 Å². The first-order chi connectivity index (χ1) is 16.9. The van der Waals surface area contributed by atoms with Gasteiger partial charge in [0.05, 0.1) is 32.4 Å². The SMILES string of the molecule is CCOc1ccc(C2/C(=C(/O)c3ccc(OC)c(OC)c3)C(=O)C(=O)N2c2ccc(C)cc2)cc1. The highest BCUT2D eigenvalue weighted by atomic mass is 16.5. The summed E-state index contributed by atoms with van der Waals surface area (Å²) in [6.45, 7) is 4.35. The van der Waals surface area contributed by atoms with Gasteiger partial charge in [0.15, 0.2) is 11.5 Å². The Labute approximate surface area is 204 Å². The van der Waals surface area contributed by atoms with Crippen LogP contribution < -0.4 is 19.1 Å². The lowest BCUT2D eigenvalue weighted by Crippen LogP contribution is -2.29. The van der Waals surface area contributed by atoms with Crippen LogP contribution in [0.2, 0.25) is 0 Å². The molecule has 1 N–H and O–H groups in total. The Morgan fingerprint density at radius 1 is 0.914 bits per heavy atom. The summed E-state index contributed by atoms with van der Waals surface area (Å²) in [5.41, 5.74) is 2.57. The third-order valence-electron chi connectivity index (χ3n) is 5.92. The number of aliphatic hydroxyl groups excluding tert-OH is 1. The molecule has 1 atom stereocenters. The van der Waals surface area contributed by atoms with Crippen molar-refractivity contribution in [1.29, 1.82) is 0 Å². The molecular formula is C28H27NO6. The molecule has 4 rings (SSSR count). The van der Waals surface area contributed by atoms with E-state index in [9.17, 15) is 14.7 Å². The third kappa shape index (κ3) is 4.45. The molecule has 1 amide bonds. The Morgan fingerprint density at radius 3 is 2.17 bits per heavy atom. The van der Waals surface area contributed by atoms with Crippen LogP contribution in [0, 0.1) is 6.92 Å². The van der Waals surface area contributed by atoms with Crippen LogP contribution in [0.5, 0.6) is 17.2 Å². The van der Waals surface area contributed by atoms with Gasteiger partial charge in [-0.3, -0.25) is 14.5 Å². The van der Waals surface area contributed by atoms with Gasteiger partial charge in [-0.1, -0.05) is 29.8 Å². The van der Waals surface area contributed by atoms with Gasteiger partial charge in [0, 0.05) is 11.3 Å². The highest BCUT2D eigenvalue weighted by molar-refractivity contribution is 6.51. The van der Waals surface area contributed by atoms with Gasteiger partial charge in [0.1, 0.15) is 11.5 Å². The molecule has 0 aromatic heterocycles. The van der Waals surface area contributed by atoms with Crippen molar-refractivity contribution in [2.45, 2.75) is 19.9 Å². The van der Waals surface area contributed by atoms with Crippen LogP contribution in [-0.4, -0.2) is 37.6 Å². The fourth-order valence-electron chi connectivity index (χ4n) is 4.17. The maximum Gasteiger partial charge on any atom is 0.300 e. The molecule has 7 nitrogen and oxygen atoms in total. The molecule has 0 aliphatic carbocycles.